The average molecular weight is 537 g/mol. The fourth-order valence-corrected chi connectivity index (χ4v) is 3.87. The number of aromatic amines is 2. The minimum Gasteiger partial charge on any atom is -0.379 e. The number of H-pyrrole nitrogens is 2. The Morgan fingerprint density at radius 3 is 2.43 bits per heavy atom. The van der Waals surface area contributed by atoms with Crippen molar-refractivity contribution in [1.82, 2.24) is 40.1 Å². The summed E-state index contributed by atoms with van der Waals surface area (Å²) in [6.45, 7) is 2.42. The van der Waals surface area contributed by atoms with Gasteiger partial charge in [0, 0.05) is 26.2 Å². The lowest BCUT2D eigenvalue weighted by Gasteiger charge is -2.34. The van der Waals surface area contributed by atoms with Gasteiger partial charge >= 0.3 is 12.4 Å². The third-order valence-electron chi connectivity index (χ3n) is 5.71. The lowest BCUT2D eigenvalue weighted by Crippen LogP contribution is -2.49. The molecule has 202 valence electrons. The number of carbonyl (C=O) groups excluding carboxylic acids is 1. The molecule has 1 unspecified atom stereocenters. The second-order valence-corrected chi connectivity index (χ2v) is 8.29. The number of rotatable bonds is 7. The van der Waals surface area contributed by atoms with Gasteiger partial charge in [-0.1, -0.05) is 0 Å². The molecule has 18 heteroatoms. The first-order chi connectivity index (χ1) is 17.4. The van der Waals surface area contributed by atoms with Crippen LogP contribution >= 0.6 is 0 Å². The van der Waals surface area contributed by atoms with Gasteiger partial charge in [-0.3, -0.25) is 14.3 Å². The molecule has 0 aromatic carbocycles. The van der Waals surface area contributed by atoms with Crippen LogP contribution in [0.1, 0.15) is 30.9 Å². The average Bonchev–Trinajstić information content (AvgIpc) is 3.48. The van der Waals surface area contributed by atoms with Gasteiger partial charge in [-0.05, 0) is 6.92 Å². The molecule has 0 aliphatic carbocycles. The van der Waals surface area contributed by atoms with Crippen molar-refractivity contribution in [2.24, 2.45) is 0 Å². The Bertz CT molecular complexity index is 1310. The van der Waals surface area contributed by atoms with Gasteiger partial charge in [0.25, 0.3) is 5.56 Å². The molecule has 2 N–H and O–H groups in total. The summed E-state index contributed by atoms with van der Waals surface area (Å²) in [7, 11) is 0. The Labute approximate surface area is 203 Å². The van der Waals surface area contributed by atoms with Crippen LogP contribution < -0.4 is 10.5 Å². The minimum atomic E-state index is -4.84. The number of halogens is 6. The molecular weight excluding hydrogens is 516 g/mol. The van der Waals surface area contributed by atoms with E-state index >= 15 is 0 Å². The number of fused-ring (bicyclic) bond motifs is 1. The SMILES string of the molecule is CC(COCCC(=O)N1CCN(c2nnc(C(F)(F)F)[nH]2)CC1)n1nc(C(F)(F)F)c2c(=O)[nH]ncc21. The van der Waals surface area contributed by atoms with E-state index in [-0.39, 0.29) is 63.2 Å². The third-order valence-corrected chi connectivity index (χ3v) is 5.71. The van der Waals surface area contributed by atoms with Crippen LogP contribution in [0.4, 0.5) is 32.3 Å². The van der Waals surface area contributed by atoms with Gasteiger partial charge in [0.15, 0.2) is 5.69 Å². The Kier molecular flexibility index (Phi) is 7.11. The van der Waals surface area contributed by atoms with Gasteiger partial charge in [-0.25, -0.2) is 5.10 Å². The molecule has 3 aromatic heterocycles. The number of aromatic nitrogens is 7. The second kappa shape index (κ2) is 9.98. The first-order valence-corrected chi connectivity index (χ1v) is 11.0. The Hall–Kier alpha value is -3.70. The van der Waals surface area contributed by atoms with E-state index in [0.29, 0.717) is 0 Å². The lowest BCUT2D eigenvalue weighted by atomic mass is 10.2. The summed E-state index contributed by atoms with van der Waals surface area (Å²) < 4.78 is 84.5. The highest BCUT2D eigenvalue weighted by atomic mass is 19.4. The highest BCUT2D eigenvalue weighted by Crippen LogP contribution is 2.33. The normalized spacial score (nSPS) is 16.0. The maximum atomic E-state index is 13.3. The number of hydrogen-bond acceptors (Lipinski definition) is 8. The van der Waals surface area contributed by atoms with E-state index in [1.54, 1.807) is 11.8 Å². The van der Waals surface area contributed by atoms with Gasteiger partial charge in [-0.15, -0.1) is 10.2 Å². The van der Waals surface area contributed by atoms with Gasteiger partial charge in [0.2, 0.25) is 17.7 Å². The number of alkyl halides is 6. The molecule has 0 spiro atoms. The first kappa shape index (κ1) is 26.4. The summed E-state index contributed by atoms with van der Waals surface area (Å²) in [6.07, 6.45) is -8.42. The largest absolute Gasteiger partial charge is 0.451 e. The molecular formula is C19H21F6N9O3. The zero-order valence-electron chi connectivity index (χ0n) is 19.2. The van der Waals surface area contributed by atoms with Crippen LogP contribution in [-0.4, -0.2) is 85.4 Å². The number of anilines is 1. The molecule has 1 aliphatic rings. The maximum absolute atomic E-state index is 13.3. The number of ether oxygens (including phenoxy) is 1. The molecule has 1 amide bonds. The molecule has 1 saturated heterocycles. The number of nitrogens with zero attached hydrogens (tertiary/aromatic N) is 7. The molecule has 0 bridgehead atoms. The van der Waals surface area contributed by atoms with Crippen LogP contribution in [0.25, 0.3) is 10.9 Å². The Balaban J connectivity index is 1.27. The molecule has 1 aliphatic heterocycles. The monoisotopic (exact) mass is 537 g/mol. The third kappa shape index (κ3) is 5.67. The summed E-state index contributed by atoms with van der Waals surface area (Å²) in [4.78, 5) is 29.6. The predicted molar refractivity (Wildman–Crippen MR) is 113 cm³/mol. The highest BCUT2D eigenvalue weighted by molar-refractivity contribution is 5.80. The molecule has 1 fully saturated rings. The predicted octanol–water partition coefficient (Wildman–Crippen LogP) is 1.59. The quantitative estimate of drug-likeness (QED) is 0.343. The van der Waals surface area contributed by atoms with E-state index in [2.05, 4.69) is 25.4 Å². The number of hydrogen-bond donors (Lipinski definition) is 2. The number of carbonyl (C=O) groups is 1. The topological polar surface area (TPSA) is 138 Å². The molecule has 4 heterocycles. The van der Waals surface area contributed by atoms with Crippen molar-refractivity contribution in [3.05, 3.63) is 28.1 Å². The van der Waals surface area contributed by atoms with Crippen molar-refractivity contribution in [3.63, 3.8) is 0 Å². The standard InChI is InChI=1S/C19H21F6N9O3/c1-10(34-11-8-26-28-15(36)13(11)14(31-34)18(20,21)22)9-37-7-2-12(35)32-3-5-33(6-4-32)17-27-16(29-30-17)19(23,24)25/h8,10H,2-7,9H2,1H3,(H,28,36)(H,27,29,30). The molecule has 12 nitrogen and oxygen atoms in total. The van der Waals surface area contributed by atoms with Gasteiger partial charge < -0.3 is 19.5 Å². The van der Waals surface area contributed by atoms with Crippen LogP contribution in [0.15, 0.2) is 11.0 Å². The number of piperazine rings is 1. The fraction of sp³-hybridized carbons (Fsp3) is 0.579. The summed E-state index contributed by atoms with van der Waals surface area (Å²) >= 11 is 0. The number of nitrogens with one attached hydrogen (secondary N) is 2. The van der Waals surface area contributed by atoms with E-state index < -0.39 is 40.9 Å². The molecule has 0 radical (unpaired) electrons. The van der Waals surface area contributed by atoms with Crippen molar-refractivity contribution in [2.45, 2.75) is 31.7 Å². The maximum Gasteiger partial charge on any atom is 0.451 e. The van der Waals surface area contributed by atoms with Crippen molar-refractivity contribution >= 4 is 22.8 Å². The summed E-state index contributed by atoms with van der Waals surface area (Å²) in [5.41, 5.74) is -2.44. The summed E-state index contributed by atoms with van der Waals surface area (Å²) in [5, 5.41) is 15.0. The second-order valence-electron chi connectivity index (χ2n) is 8.29. The van der Waals surface area contributed by atoms with Crippen molar-refractivity contribution in [1.29, 1.82) is 0 Å². The van der Waals surface area contributed by atoms with E-state index in [1.165, 1.54) is 4.90 Å². The van der Waals surface area contributed by atoms with Gasteiger partial charge in [0.05, 0.1) is 37.4 Å². The Morgan fingerprint density at radius 1 is 1.11 bits per heavy atom. The zero-order valence-corrected chi connectivity index (χ0v) is 19.2. The van der Waals surface area contributed by atoms with Crippen LogP contribution in [0.3, 0.4) is 0 Å². The number of amides is 1. The van der Waals surface area contributed by atoms with Crippen molar-refractivity contribution in [2.75, 3.05) is 44.3 Å². The van der Waals surface area contributed by atoms with Crippen LogP contribution in [0.2, 0.25) is 0 Å². The zero-order chi connectivity index (χ0) is 27.0. The van der Waals surface area contributed by atoms with Crippen molar-refractivity contribution < 1.29 is 35.9 Å². The van der Waals surface area contributed by atoms with Crippen LogP contribution in [-0.2, 0) is 21.9 Å². The van der Waals surface area contributed by atoms with Crippen LogP contribution in [0, 0.1) is 0 Å². The van der Waals surface area contributed by atoms with E-state index in [4.69, 9.17) is 4.74 Å². The molecule has 1 atom stereocenters. The lowest BCUT2D eigenvalue weighted by molar-refractivity contribution is -0.144. The van der Waals surface area contributed by atoms with Crippen LogP contribution in [0.5, 0.6) is 0 Å². The molecule has 3 aromatic rings. The van der Waals surface area contributed by atoms with Crippen molar-refractivity contribution in [3.8, 4) is 0 Å². The Morgan fingerprint density at radius 2 is 1.81 bits per heavy atom. The first-order valence-electron chi connectivity index (χ1n) is 11.0. The molecule has 0 saturated carbocycles. The van der Waals surface area contributed by atoms with Gasteiger partial charge in [0.1, 0.15) is 5.39 Å². The van der Waals surface area contributed by atoms with Gasteiger partial charge in [-0.2, -0.15) is 36.5 Å². The minimum absolute atomic E-state index is 0.0118. The summed E-state index contributed by atoms with van der Waals surface area (Å²) in [5.74, 6) is -1.48. The van der Waals surface area contributed by atoms with E-state index in [1.807, 2.05) is 5.10 Å². The molecule has 37 heavy (non-hydrogen) atoms. The fourth-order valence-electron chi connectivity index (χ4n) is 3.87. The highest BCUT2D eigenvalue weighted by Gasteiger charge is 2.39. The summed E-state index contributed by atoms with van der Waals surface area (Å²) in [6, 6.07) is -0.704. The van der Waals surface area contributed by atoms with E-state index in [9.17, 15) is 35.9 Å². The smallest absolute Gasteiger partial charge is 0.379 e. The van der Waals surface area contributed by atoms with E-state index in [0.717, 1.165) is 10.9 Å². The molecule has 4 rings (SSSR count).